The van der Waals surface area contributed by atoms with Gasteiger partial charge in [-0.05, 0) is 30.7 Å². The molecule has 0 aliphatic carbocycles. The van der Waals surface area contributed by atoms with E-state index >= 15 is 0 Å². The maximum atomic E-state index is 13.2. The fraction of sp³-hybridized carbons (Fsp3) is 0.200. The van der Waals surface area contributed by atoms with Crippen molar-refractivity contribution in [3.63, 3.8) is 0 Å². The molecule has 0 fully saturated rings. The van der Waals surface area contributed by atoms with Gasteiger partial charge in [0, 0.05) is 32.2 Å². The van der Waals surface area contributed by atoms with Crippen LogP contribution < -0.4 is 5.56 Å². The topological polar surface area (TPSA) is 83.9 Å². The number of nitrogens with zero attached hydrogens (tertiary/aromatic N) is 5. The number of pyridine rings is 2. The second kappa shape index (κ2) is 7.56. The maximum absolute atomic E-state index is 13.2. The predicted octanol–water partition coefficient (Wildman–Crippen LogP) is 2.75. The molecule has 9 heteroatoms. The molecule has 0 saturated heterocycles. The van der Waals surface area contributed by atoms with Crippen molar-refractivity contribution in [1.82, 2.24) is 23.9 Å². The molecular formula is C20H18ClN5O3. The molecule has 4 heterocycles. The highest BCUT2D eigenvalue weighted by Gasteiger charge is 2.30. The maximum Gasteiger partial charge on any atom is 0.346 e. The third-order valence-corrected chi connectivity index (χ3v) is 4.74. The van der Waals surface area contributed by atoms with E-state index in [-0.39, 0.29) is 12.2 Å². The number of rotatable bonds is 5. The lowest BCUT2D eigenvalue weighted by atomic mass is 10.1. The lowest BCUT2D eigenvalue weighted by Crippen LogP contribution is -2.20. The quantitative estimate of drug-likeness (QED) is 0.372. The molecular weight excluding hydrogens is 394 g/mol. The van der Waals surface area contributed by atoms with Gasteiger partial charge in [0.05, 0.1) is 29.9 Å². The van der Waals surface area contributed by atoms with Gasteiger partial charge in [-0.2, -0.15) is 5.10 Å². The first kappa shape index (κ1) is 18.9. The van der Waals surface area contributed by atoms with Gasteiger partial charge in [-0.15, -0.1) is 0 Å². The van der Waals surface area contributed by atoms with E-state index in [0.717, 1.165) is 5.56 Å². The molecule has 0 spiro atoms. The van der Waals surface area contributed by atoms with Gasteiger partial charge in [0.25, 0.3) is 5.56 Å². The number of esters is 1. The van der Waals surface area contributed by atoms with Crippen molar-refractivity contribution >= 4 is 17.6 Å². The zero-order valence-electron chi connectivity index (χ0n) is 15.9. The molecule has 4 rings (SSSR count). The van der Waals surface area contributed by atoms with E-state index in [0.29, 0.717) is 28.8 Å². The summed E-state index contributed by atoms with van der Waals surface area (Å²) in [4.78, 5) is 30.0. The molecule has 8 nitrogen and oxygen atoms in total. The molecule has 0 saturated carbocycles. The molecule has 0 bridgehead atoms. The number of halogens is 1. The first-order valence-electron chi connectivity index (χ1n) is 9.00. The Labute approximate surface area is 171 Å². The second-order valence-corrected chi connectivity index (χ2v) is 6.85. The van der Waals surface area contributed by atoms with Gasteiger partial charge >= 0.3 is 5.97 Å². The highest BCUT2D eigenvalue weighted by molar-refractivity contribution is 6.29. The summed E-state index contributed by atoms with van der Waals surface area (Å²) in [6.07, 6.45) is 6.77. The summed E-state index contributed by atoms with van der Waals surface area (Å²) >= 11 is 5.87. The van der Waals surface area contributed by atoms with Gasteiger partial charge in [0.2, 0.25) is 0 Å². The number of aryl methyl sites for hydroxylation is 1. The Kier molecular flexibility index (Phi) is 4.94. The van der Waals surface area contributed by atoms with Crippen LogP contribution in [0.15, 0.2) is 53.8 Å². The molecule has 0 N–H and O–H groups in total. The van der Waals surface area contributed by atoms with E-state index in [4.69, 9.17) is 16.3 Å². The first-order chi connectivity index (χ1) is 14.0. The summed E-state index contributed by atoms with van der Waals surface area (Å²) in [5.74, 6) is -0.653. The molecule has 0 radical (unpaired) electrons. The number of carbonyl (C=O) groups excluding carboxylic acids is 1. The Bertz CT molecular complexity index is 1210. The molecule has 148 valence electrons. The Morgan fingerprint density at radius 1 is 1.24 bits per heavy atom. The van der Waals surface area contributed by atoms with E-state index < -0.39 is 11.5 Å². The van der Waals surface area contributed by atoms with Crippen LogP contribution in [-0.4, -0.2) is 36.5 Å². The van der Waals surface area contributed by atoms with Crippen LogP contribution in [0, 0.1) is 0 Å². The third-order valence-electron chi connectivity index (χ3n) is 4.52. The van der Waals surface area contributed by atoms with Crippen molar-refractivity contribution in [3.05, 3.63) is 75.7 Å². The molecule has 0 aromatic carbocycles. The van der Waals surface area contributed by atoms with Crippen molar-refractivity contribution in [2.24, 2.45) is 7.05 Å². The molecule has 2 aromatic heterocycles. The van der Waals surface area contributed by atoms with Crippen LogP contribution in [0.4, 0.5) is 0 Å². The minimum atomic E-state index is -0.653. The summed E-state index contributed by atoms with van der Waals surface area (Å²) in [6, 6.07) is 7.17. The van der Waals surface area contributed by atoms with E-state index in [2.05, 4.69) is 10.1 Å². The SMILES string of the molecule is CCOC(=O)c1c2n(Cc3ccc(Cl)nc3)cccc-2n(-c2cnn(C)c2)c1=O. The smallest absolute Gasteiger partial charge is 0.346 e. The summed E-state index contributed by atoms with van der Waals surface area (Å²) in [7, 11) is 1.76. The van der Waals surface area contributed by atoms with Gasteiger partial charge < -0.3 is 9.30 Å². The molecule has 0 unspecified atom stereocenters. The summed E-state index contributed by atoms with van der Waals surface area (Å²) in [5, 5.41) is 4.54. The lowest BCUT2D eigenvalue weighted by molar-refractivity contribution is 0.0525. The summed E-state index contributed by atoms with van der Waals surface area (Å²) in [6.45, 7) is 2.28. The monoisotopic (exact) mass is 411 g/mol. The van der Waals surface area contributed by atoms with Crippen molar-refractivity contribution in [2.45, 2.75) is 13.5 Å². The Morgan fingerprint density at radius 3 is 2.72 bits per heavy atom. The van der Waals surface area contributed by atoms with Gasteiger partial charge in [-0.25, -0.2) is 9.78 Å². The Balaban J connectivity index is 1.92. The average Bonchev–Trinajstić information content (AvgIpc) is 3.24. The largest absolute Gasteiger partial charge is 0.462 e. The van der Waals surface area contributed by atoms with Crippen LogP contribution in [0.2, 0.25) is 5.15 Å². The number of aromatic nitrogens is 5. The van der Waals surface area contributed by atoms with Crippen LogP contribution in [-0.2, 0) is 18.3 Å². The van der Waals surface area contributed by atoms with E-state index in [9.17, 15) is 9.59 Å². The molecule has 2 aromatic rings. The Morgan fingerprint density at radius 2 is 2.07 bits per heavy atom. The number of hydrogen-bond acceptors (Lipinski definition) is 5. The number of carbonyl (C=O) groups is 1. The van der Waals surface area contributed by atoms with Crippen LogP contribution >= 0.6 is 11.6 Å². The zero-order chi connectivity index (χ0) is 20.5. The van der Waals surface area contributed by atoms with E-state index in [1.807, 2.05) is 22.9 Å². The van der Waals surface area contributed by atoms with Gasteiger partial charge in [0.1, 0.15) is 5.15 Å². The van der Waals surface area contributed by atoms with Gasteiger partial charge in [-0.3, -0.25) is 14.0 Å². The third kappa shape index (κ3) is 3.42. The minimum Gasteiger partial charge on any atom is -0.462 e. The van der Waals surface area contributed by atoms with Crippen molar-refractivity contribution in [3.8, 4) is 17.1 Å². The van der Waals surface area contributed by atoms with Gasteiger partial charge in [0.15, 0.2) is 5.56 Å². The molecule has 29 heavy (non-hydrogen) atoms. The van der Waals surface area contributed by atoms with Crippen molar-refractivity contribution in [1.29, 1.82) is 0 Å². The number of fused-ring (bicyclic) bond motifs is 1. The average molecular weight is 412 g/mol. The van der Waals surface area contributed by atoms with Crippen LogP contribution in [0.25, 0.3) is 17.1 Å². The number of ether oxygens (including phenoxy) is 1. The first-order valence-corrected chi connectivity index (χ1v) is 9.37. The molecule has 2 aliphatic rings. The summed E-state index contributed by atoms with van der Waals surface area (Å²) < 4.78 is 10.1. The van der Waals surface area contributed by atoms with Crippen molar-refractivity contribution < 1.29 is 9.53 Å². The van der Waals surface area contributed by atoms with Crippen LogP contribution in [0.1, 0.15) is 22.8 Å². The second-order valence-electron chi connectivity index (χ2n) is 6.47. The van der Waals surface area contributed by atoms with Crippen LogP contribution in [0.3, 0.4) is 0 Å². The highest BCUT2D eigenvalue weighted by atomic mass is 35.5. The van der Waals surface area contributed by atoms with E-state index in [1.165, 1.54) is 4.57 Å². The Hall–Kier alpha value is -3.39. The van der Waals surface area contributed by atoms with Crippen LogP contribution in [0.5, 0.6) is 0 Å². The molecule has 2 aliphatic heterocycles. The normalized spacial score (nSPS) is 11.1. The minimum absolute atomic E-state index is 0.00627. The molecule has 0 amide bonds. The lowest BCUT2D eigenvalue weighted by Gasteiger charge is -2.15. The predicted molar refractivity (Wildman–Crippen MR) is 108 cm³/mol. The molecule has 0 atom stereocenters. The number of hydrogen-bond donors (Lipinski definition) is 0. The standard InChI is InChI=1S/C20H18ClN5O3/c1-3-29-20(28)17-18-15(26(19(17)27)14-10-23-24(2)12-14)5-4-8-25(18)11-13-6-7-16(21)22-9-13/h4-10,12H,3,11H2,1-2H3. The summed E-state index contributed by atoms with van der Waals surface area (Å²) in [5.41, 5.74) is 2.09. The fourth-order valence-electron chi connectivity index (χ4n) is 3.31. The fourth-order valence-corrected chi connectivity index (χ4v) is 3.42. The highest BCUT2D eigenvalue weighted by Crippen LogP contribution is 2.28. The van der Waals surface area contributed by atoms with E-state index in [1.54, 1.807) is 49.4 Å². The van der Waals surface area contributed by atoms with Gasteiger partial charge in [-0.1, -0.05) is 17.7 Å². The zero-order valence-corrected chi connectivity index (χ0v) is 16.6. The van der Waals surface area contributed by atoms with Crippen molar-refractivity contribution in [2.75, 3.05) is 6.61 Å².